The van der Waals surface area contributed by atoms with Crippen molar-refractivity contribution in [3.8, 4) is 12.3 Å². The van der Waals surface area contributed by atoms with Gasteiger partial charge in [-0.05, 0) is 30.5 Å². The molecule has 2 heterocycles. The van der Waals surface area contributed by atoms with E-state index in [-0.39, 0.29) is 25.0 Å². The zero-order valence-corrected chi connectivity index (χ0v) is 18.5. The number of aromatic nitrogens is 1. The van der Waals surface area contributed by atoms with Crippen molar-refractivity contribution < 1.29 is 19.1 Å². The fourth-order valence-corrected chi connectivity index (χ4v) is 2.83. The Kier molecular flexibility index (Phi) is 12.3. The lowest BCUT2D eigenvalue weighted by atomic mass is 10.1. The van der Waals surface area contributed by atoms with E-state index >= 15 is 0 Å². The fourth-order valence-electron chi connectivity index (χ4n) is 2.72. The number of nitrogens with zero attached hydrogens (tertiary/aromatic N) is 2. The van der Waals surface area contributed by atoms with Crippen LogP contribution in [-0.2, 0) is 16.0 Å². The number of rotatable bonds is 6. The molecule has 1 atom stereocenters. The number of benzene rings is 1. The van der Waals surface area contributed by atoms with Crippen LogP contribution in [-0.4, -0.2) is 40.8 Å². The van der Waals surface area contributed by atoms with E-state index in [0.29, 0.717) is 30.0 Å². The molecule has 1 aliphatic rings. The number of cyclic esters (lactones) is 1. The van der Waals surface area contributed by atoms with Crippen molar-refractivity contribution in [1.82, 2.24) is 9.88 Å². The van der Waals surface area contributed by atoms with Gasteiger partial charge in [-0.15, -0.1) is 12.3 Å². The van der Waals surface area contributed by atoms with Gasteiger partial charge in [0.25, 0.3) is 0 Å². The lowest BCUT2D eigenvalue weighted by molar-refractivity contribution is -0.129. The molecule has 2 amide bonds. The van der Waals surface area contributed by atoms with Crippen molar-refractivity contribution in [1.29, 1.82) is 0 Å². The van der Waals surface area contributed by atoms with Crippen molar-refractivity contribution in [2.45, 2.75) is 45.6 Å². The van der Waals surface area contributed by atoms with E-state index in [1.165, 1.54) is 11.1 Å². The number of imide groups is 1. The third-order valence-electron chi connectivity index (χ3n) is 4.14. The molecule has 3 rings (SSSR count). The molecule has 0 radical (unpaired) electrons. The van der Waals surface area contributed by atoms with Crippen LogP contribution in [0.2, 0.25) is 5.15 Å². The largest absolute Gasteiger partial charge is 0.447 e. The summed E-state index contributed by atoms with van der Waals surface area (Å²) < 4.78 is 5.00. The second-order valence-electron chi connectivity index (χ2n) is 6.27. The Morgan fingerprint density at radius 2 is 2.00 bits per heavy atom. The van der Waals surface area contributed by atoms with Crippen molar-refractivity contribution in [3.05, 3.63) is 64.9 Å². The predicted octanol–water partition coefficient (Wildman–Crippen LogP) is 4.95. The first-order valence-electron chi connectivity index (χ1n) is 10.1. The second kappa shape index (κ2) is 14.8. The number of carbonyl (C=O) groups excluding carboxylic acids is 3. The molecule has 1 aliphatic heterocycles. The highest BCUT2D eigenvalue weighted by atomic mass is 35.5. The molecule has 0 unspecified atom stereocenters. The highest BCUT2D eigenvalue weighted by molar-refractivity contribution is 6.29. The number of pyridine rings is 1. The van der Waals surface area contributed by atoms with E-state index in [1.54, 1.807) is 12.1 Å². The molecule has 1 aromatic carbocycles. The molecule has 0 aliphatic carbocycles. The van der Waals surface area contributed by atoms with Crippen LogP contribution in [0.25, 0.3) is 0 Å². The summed E-state index contributed by atoms with van der Waals surface area (Å²) in [7, 11) is 0. The predicted molar refractivity (Wildman–Crippen MR) is 121 cm³/mol. The van der Waals surface area contributed by atoms with Gasteiger partial charge in [-0.2, -0.15) is 0 Å². The molecular formula is C24H27ClN2O4. The summed E-state index contributed by atoms with van der Waals surface area (Å²) >= 11 is 5.44. The summed E-state index contributed by atoms with van der Waals surface area (Å²) in [5.74, 6) is 2.28. The van der Waals surface area contributed by atoms with Crippen LogP contribution in [0, 0.1) is 12.3 Å². The number of hydrogen-bond acceptors (Lipinski definition) is 5. The zero-order valence-electron chi connectivity index (χ0n) is 17.8. The normalized spacial score (nSPS) is 14.2. The van der Waals surface area contributed by atoms with Gasteiger partial charge in [0.1, 0.15) is 11.8 Å². The zero-order chi connectivity index (χ0) is 23.1. The number of carbonyl (C=O) groups is 3. The molecule has 31 heavy (non-hydrogen) atoms. The molecule has 0 spiro atoms. The highest BCUT2D eigenvalue weighted by Crippen LogP contribution is 2.19. The third kappa shape index (κ3) is 9.02. The fraction of sp³-hybridized carbons (Fsp3) is 0.333. The Morgan fingerprint density at radius 1 is 1.29 bits per heavy atom. The van der Waals surface area contributed by atoms with Gasteiger partial charge in [0, 0.05) is 24.6 Å². The molecule has 0 saturated carbocycles. The summed E-state index contributed by atoms with van der Waals surface area (Å²) in [5.41, 5.74) is 1.62. The van der Waals surface area contributed by atoms with Gasteiger partial charge in [-0.3, -0.25) is 9.59 Å². The smallest absolute Gasteiger partial charge is 0.416 e. The molecule has 1 saturated heterocycles. The van der Waals surface area contributed by atoms with Crippen LogP contribution in [0.15, 0.2) is 48.7 Å². The van der Waals surface area contributed by atoms with Crippen LogP contribution >= 0.6 is 11.6 Å². The Balaban J connectivity index is 0.000000365. The average Bonchev–Trinajstić information content (AvgIpc) is 3.17. The van der Waals surface area contributed by atoms with Gasteiger partial charge < -0.3 is 4.74 Å². The Morgan fingerprint density at radius 3 is 2.58 bits per heavy atom. The Labute approximate surface area is 188 Å². The van der Waals surface area contributed by atoms with E-state index in [1.807, 2.05) is 44.2 Å². The standard InChI is InChI=1S/C16H17NO3.C6H4ClNO.C2H6/c1-2-3-5-10-15(18)17-14(12-20-16(17)19)11-13-8-6-4-7-9-13;7-6-2-1-5(4-9)3-8-6;1-2/h1,4,6-9,14H,3,5,10-12H2;1-4H;1-2H3/t14-;;/m0../s1. The molecule has 0 bridgehead atoms. The Hall–Kier alpha value is -3.17. The third-order valence-corrected chi connectivity index (χ3v) is 4.37. The van der Waals surface area contributed by atoms with Gasteiger partial charge in [-0.1, -0.05) is 55.8 Å². The number of aldehydes is 1. The first-order chi connectivity index (χ1) is 15.0. The van der Waals surface area contributed by atoms with Crippen LogP contribution in [0.1, 0.15) is 49.0 Å². The highest BCUT2D eigenvalue weighted by Gasteiger charge is 2.37. The van der Waals surface area contributed by atoms with Gasteiger partial charge in [0.2, 0.25) is 5.91 Å². The number of amides is 2. The van der Waals surface area contributed by atoms with E-state index in [2.05, 4.69) is 10.9 Å². The lowest BCUT2D eigenvalue weighted by Crippen LogP contribution is -2.40. The number of terminal acetylenes is 1. The van der Waals surface area contributed by atoms with Gasteiger partial charge >= 0.3 is 6.09 Å². The number of unbranched alkanes of at least 4 members (excludes halogenated alkanes) is 1. The second-order valence-corrected chi connectivity index (χ2v) is 6.66. The lowest BCUT2D eigenvalue weighted by Gasteiger charge is -2.19. The van der Waals surface area contributed by atoms with Gasteiger partial charge in [0.15, 0.2) is 6.29 Å². The van der Waals surface area contributed by atoms with Gasteiger partial charge in [0.05, 0.1) is 6.04 Å². The van der Waals surface area contributed by atoms with E-state index in [4.69, 9.17) is 22.8 Å². The number of halogens is 1. The summed E-state index contributed by atoms with van der Waals surface area (Å²) in [6, 6.07) is 12.7. The van der Waals surface area contributed by atoms with Crippen LogP contribution < -0.4 is 0 Å². The SMILES string of the molecule is C#CCCCC(=O)N1C(=O)OC[C@@H]1Cc1ccccc1.CC.O=Cc1ccc(Cl)nc1. The van der Waals surface area contributed by atoms with Crippen molar-refractivity contribution in [2.75, 3.05) is 6.61 Å². The molecule has 1 aromatic heterocycles. The van der Waals surface area contributed by atoms with Crippen molar-refractivity contribution >= 4 is 29.9 Å². The molecule has 7 heteroatoms. The molecular weight excluding hydrogens is 416 g/mol. The molecule has 6 nitrogen and oxygen atoms in total. The minimum Gasteiger partial charge on any atom is -0.447 e. The minimum atomic E-state index is -0.545. The summed E-state index contributed by atoms with van der Waals surface area (Å²) in [6.07, 6.45) is 8.80. The Bertz CT molecular complexity index is 863. The molecule has 164 valence electrons. The summed E-state index contributed by atoms with van der Waals surface area (Å²) in [4.78, 5) is 38.7. The quantitative estimate of drug-likeness (QED) is 0.273. The molecule has 2 aromatic rings. The maximum Gasteiger partial charge on any atom is 0.416 e. The van der Waals surface area contributed by atoms with Crippen LogP contribution in [0.5, 0.6) is 0 Å². The first kappa shape index (κ1) is 25.9. The van der Waals surface area contributed by atoms with Crippen molar-refractivity contribution in [3.63, 3.8) is 0 Å². The van der Waals surface area contributed by atoms with Crippen LogP contribution in [0.3, 0.4) is 0 Å². The monoisotopic (exact) mass is 442 g/mol. The summed E-state index contributed by atoms with van der Waals surface area (Å²) in [6.45, 7) is 4.26. The first-order valence-corrected chi connectivity index (χ1v) is 10.5. The number of ether oxygens (including phenoxy) is 1. The van der Waals surface area contributed by atoms with E-state index < -0.39 is 6.09 Å². The van der Waals surface area contributed by atoms with Crippen LogP contribution in [0.4, 0.5) is 4.79 Å². The van der Waals surface area contributed by atoms with Gasteiger partial charge in [-0.25, -0.2) is 14.7 Å². The minimum absolute atomic E-state index is 0.205. The average molecular weight is 443 g/mol. The van der Waals surface area contributed by atoms with E-state index in [9.17, 15) is 14.4 Å². The number of hydrogen-bond donors (Lipinski definition) is 0. The molecule has 1 fully saturated rings. The topological polar surface area (TPSA) is 76.6 Å². The van der Waals surface area contributed by atoms with Crippen molar-refractivity contribution in [2.24, 2.45) is 0 Å². The summed E-state index contributed by atoms with van der Waals surface area (Å²) in [5, 5.41) is 0.403. The molecule has 0 N–H and O–H groups in total. The van der Waals surface area contributed by atoms with E-state index in [0.717, 1.165) is 11.8 Å². The maximum atomic E-state index is 12.1. The maximum absolute atomic E-state index is 12.1.